The van der Waals surface area contributed by atoms with Gasteiger partial charge < -0.3 is 9.88 Å². The molecule has 1 aliphatic heterocycles. The molecule has 1 atom stereocenters. The number of aryl methyl sites for hydroxylation is 1. The molecule has 6 heteroatoms. The molecule has 1 spiro atoms. The highest BCUT2D eigenvalue weighted by Gasteiger charge is 2.42. The second kappa shape index (κ2) is 5.51. The van der Waals surface area contributed by atoms with Crippen LogP contribution < -0.4 is 10.2 Å². The van der Waals surface area contributed by atoms with Gasteiger partial charge in [0.2, 0.25) is 5.91 Å². The molecule has 1 unspecified atom stereocenters. The summed E-state index contributed by atoms with van der Waals surface area (Å²) in [6, 6.07) is 5.42. The number of nitrogens with one attached hydrogen (secondary N) is 1. The zero-order valence-corrected chi connectivity index (χ0v) is 14.9. The Kier molecular flexibility index (Phi) is 2.72. The van der Waals surface area contributed by atoms with Gasteiger partial charge in [0.25, 0.3) is 0 Å². The Morgan fingerprint density at radius 2 is 2.19 bits per heavy atom. The van der Waals surface area contributed by atoms with Crippen LogP contribution in [0.4, 0.5) is 0 Å². The fourth-order valence-electron chi connectivity index (χ4n) is 4.41. The average Bonchev–Trinajstić information content (AvgIpc) is 3.20. The van der Waals surface area contributed by atoms with Crippen molar-refractivity contribution in [3.63, 3.8) is 0 Å². The number of carbonyl (C=O) groups is 1. The molecule has 1 N–H and O–H groups in total. The molecule has 3 aromatic rings. The first-order chi connectivity index (χ1) is 13.8. The van der Waals surface area contributed by atoms with Crippen molar-refractivity contribution in [2.24, 2.45) is 6.98 Å². The van der Waals surface area contributed by atoms with Crippen LogP contribution in [0.15, 0.2) is 35.4 Å². The molecule has 1 aliphatic carbocycles. The first kappa shape index (κ1) is 12.8. The van der Waals surface area contributed by atoms with Crippen LogP contribution in [0, 0.1) is 0 Å². The topological polar surface area (TPSA) is 64.0 Å². The third kappa shape index (κ3) is 2.18. The fraction of sp³-hybridized carbons (Fsp3) is 0.350. The van der Waals surface area contributed by atoms with Gasteiger partial charge in [0.15, 0.2) is 0 Å². The first-order valence-corrected chi connectivity index (χ1v) is 9.55. The van der Waals surface area contributed by atoms with Crippen molar-refractivity contribution in [3.05, 3.63) is 51.4 Å². The van der Waals surface area contributed by atoms with Crippen LogP contribution in [0.25, 0.3) is 21.3 Å². The Hall–Kier alpha value is -2.47. The summed E-state index contributed by atoms with van der Waals surface area (Å²) in [6.07, 6.45) is 7.80. The molecule has 0 radical (unpaired) electrons. The lowest BCUT2D eigenvalue weighted by Gasteiger charge is -2.36. The Balaban J connectivity index is 1.66. The van der Waals surface area contributed by atoms with Crippen molar-refractivity contribution in [1.82, 2.24) is 14.9 Å². The molecule has 26 heavy (non-hydrogen) atoms. The smallest absolute Gasteiger partial charge is 0.307 e. The van der Waals surface area contributed by atoms with Gasteiger partial charge in [-0.25, -0.2) is 0 Å². The Labute approximate surface area is 158 Å². The van der Waals surface area contributed by atoms with E-state index in [1.165, 1.54) is 5.56 Å². The zero-order chi connectivity index (χ0) is 20.4. The summed E-state index contributed by atoms with van der Waals surface area (Å²) in [5.74, 6) is 0.0838. The van der Waals surface area contributed by atoms with Gasteiger partial charge in [0.05, 0.1) is 15.8 Å². The third-order valence-electron chi connectivity index (χ3n) is 5.65. The van der Waals surface area contributed by atoms with E-state index in [-0.39, 0.29) is 11.4 Å². The van der Waals surface area contributed by atoms with E-state index >= 15 is 0 Å². The number of aromatic nitrogens is 2. The Morgan fingerprint density at radius 3 is 3.00 bits per heavy atom. The monoisotopic (exact) mass is 368 g/mol. The van der Waals surface area contributed by atoms with E-state index < -0.39 is 11.8 Å². The number of thiazole rings is 1. The summed E-state index contributed by atoms with van der Waals surface area (Å²) in [6.45, 7) is -2.50. The molecule has 2 aromatic heterocycles. The molecule has 5 nitrogen and oxygen atoms in total. The molecule has 2 aliphatic rings. The lowest BCUT2D eigenvalue weighted by Crippen LogP contribution is -2.41. The van der Waals surface area contributed by atoms with E-state index in [1.54, 1.807) is 6.07 Å². The van der Waals surface area contributed by atoms with E-state index in [0.29, 0.717) is 16.6 Å². The van der Waals surface area contributed by atoms with Crippen molar-refractivity contribution < 1.29 is 8.91 Å². The minimum Gasteiger partial charge on any atom is -0.347 e. The minimum absolute atomic E-state index is 0.0838. The lowest BCUT2D eigenvalue weighted by molar-refractivity contribution is -0.119. The minimum atomic E-state index is -2.50. The van der Waals surface area contributed by atoms with Crippen LogP contribution in [-0.2, 0) is 23.7 Å². The summed E-state index contributed by atoms with van der Waals surface area (Å²) in [5, 5.41) is 3.18. The number of benzene rings is 1. The molecular formula is C20H19N3O2S. The zero-order valence-electron chi connectivity index (χ0n) is 17.0. The van der Waals surface area contributed by atoms with Crippen molar-refractivity contribution in [2.45, 2.75) is 37.6 Å². The Morgan fingerprint density at radius 1 is 1.27 bits per heavy atom. The highest BCUT2D eigenvalue weighted by atomic mass is 32.1. The molecule has 1 fully saturated rings. The van der Waals surface area contributed by atoms with Gasteiger partial charge >= 0.3 is 4.87 Å². The summed E-state index contributed by atoms with van der Waals surface area (Å²) in [7, 11) is 0. The number of rotatable bonds is 1. The standard InChI is InChI=1S/C20H19N3O2S/c1-23-16-5-4-12(9-17(16)26-19(23)25)14-10-21-11-15-13(14)3-2-7-20(15)8-6-18(24)22-20/h4-5,9-11H,2-3,6-8H2,1H3,(H,22,24)/i1D3. The van der Waals surface area contributed by atoms with Gasteiger partial charge in [-0.2, -0.15) is 0 Å². The molecule has 1 saturated heterocycles. The van der Waals surface area contributed by atoms with Gasteiger partial charge in [-0.15, -0.1) is 0 Å². The predicted octanol–water partition coefficient (Wildman–Crippen LogP) is 3.10. The van der Waals surface area contributed by atoms with Crippen LogP contribution >= 0.6 is 11.3 Å². The first-order valence-electron chi connectivity index (χ1n) is 10.2. The summed E-state index contributed by atoms with van der Waals surface area (Å²) >= 11 is 0.941. The summed E-state index contributed by atoms with van der Waals surface area (Å²) in [5.41, 5.74) is 4.23. The molecule has 132 valence electrons. The lowest BCUT2D eigenvalue weighted by atomic mass is 9.74. The number of carbonyl (C=O) groups excluding carboxylic acids is 1. The number of hydrogen-bond acceptors (Lipinski definition) is 4. The van der Waals surface area contributed by atoms with E-state index in [1.807, 2.05) is 24.5 Å². The molecule has 1 amide bonds. The highest BCUT2D eigenvalue weighted by Crippen LogP contribution is 2.44. The maximum atomic E-state index is 12.2. The molecule has 1 aromatic carbocycles. The molecular weight excluding hydrogens is 346 g/mol. The summed E-state index contributed by atoms with van der Waals surface area (Å²) in [4.78, 5) is 28.1. The summed E-state index contributed by atoms with van der Waals surface area (Å²) < 4.78 is 24.4. The number of nitrogens with zero attached hydrogens (tertiary/aromatic N) is 2. The van der Waals surface area contributed by atoms with Crippen molar-refractivity contribution >= 4 is 27.5 Å². The molecule has 0 saturated carbocycles. The van der Waals surface area contributed by atoms with Gasteiger partial charge in [0.1, 0.15) is 0 Å². The predicted molar refractivity (Wildman–Crippen MR) is 102 cm³/mol. The normalized spacial score (nSPS) is 24.2. The van der Waals surface area contributed by atoms with Crippen LogP contribution in [0.2, 0.25) is 0 Å². The fourth-order valence-corrected chi connectivity index (χ4v) is 5.24. The number of amides is 1. The van der Waals surface area contributed by atoms with Gasteiger partial charge in [-0.1, -0.05) is 17.4 Å². The van der Waals surface area contributed by atoms with E-state index in [9.17, 15) is 9.59 Å². The van der Waals surface area contributed by atoms with Crippen LogP contribution in [0.5, 0.6) is 0 Å². The molecule has 0 bridgehead atoms. The number of fused-ring (bicyclic) bond motifs is 3. The van der Waals surface area contributed by atoms with Gasteiger partial charge in [-0.3, -0.25) is 14.6 Å². The van der Waals surface area contributed by atoms with Crippen LogP contribution in [0.3, 0.4) is 0 Å². The Bertz CT molecular complexity index is 1210. The number of hydrogen-bond donors (Lipinski definition) is 1. The second-order valence-corrected chi connectivity index (χ2v) is 8.08. The van der Waals surface area contributed by atoms with Crippen molar-refractivity contribution in [1.29, 1.82) is 0 Å². The molecule has 5 rings (SSSR count). The van der Waals surface area contributed by atoms with Crippen molar-refractivity contribution in [3.8, 4) is 11.1 Å². The average molecular weight is 368 g/mol. The maximum Gasteiger partial charge on any atom is 0.307 e. The highest BCUT2D eigenvalue weighted by molar-refractivity contribution is 7.16. The van der Waals surface area contributed by atoms with Crippen molar-refractivity contribution in [2.75, 3.05) is 0 Å². The molecule has 3 heterocycles. The SMILES string of the molecule is [2H]C([2H])([2H])n1c(=O)sc2cc(-c3cncc4c3CCCC43CCC(=O)N3)ccc21. The third-order valence-corrected chi connectivity index (χ3v) is 6.56. The van der Waals surface area contributed by atoms with Crippen LogP contribution in [0.1, 0.15) is 40.9 Å². The number of pyridine rings is 1. The van der Waals surface area contributed by atoms with Crippen LogP contribution in [-0.4, -0.2) is 15.5 Å². The van der Waals surface area contributed by atoms with E-state index in [4.69, 9.17) is 4.11 Å². The van der Waals surface area contributed by atoms with Gasteiger partial charge in [0, 0.05) is 35.5 Å². The quantitative estimate of drug-likeness (QED) is 0.718. The largest absolute Gasteiger partial charge is 0.347 e. The van der Waals surface area contributed by atoms with E-state index in [0.717, 1.165) is 58.3 Å². The maximum absolute atomic E-state index is 12.2. The second-order valence-electron chi connectivity index (χ2n) is 7.08. The van der Waals surface area contributed by atoms with Gasteiger partial charge in [-0.05, 0) is 54.5 Å². The van der Waals surface area contributed by atoms with E-state index in [2.05, 4.69) is 10.3 Å².